The molecule has 4 rings (SSSR count). The third kappa shape index (κ3) is 4.27. The summed E-state index contributed by atoms with van der Waals surface area (Å²) < 4.78 is 41.8. The predicted molar refractivity (Wildman–Crippen MR) is 104 cm³/mol. The van der Waals surface area contributed by atoms with E-state index in [1.807, 2.05) is 26.0 Å². The number of fused-ring (bicyclic) bond motifs is 1. The molecule has 1 fully saturated rings. The highest BCUT2D eigenvalue weighted by molar-refractivity contribution is 5.44. The predicted octanol–water partition coefficient (Wildman–Crippen LogP) is 4.65. The van der Waals surface area contributed by atoms with Crippen LogP contribution in [0.1, 0.15) is 61.2 Å². The van der Waals surface area contributed by atoms with E-state index in [2.05, 4.69) is 20.0 Å². The van der Waals surface area contributed by atoms with Crippen LogP contribution in [0.15, 0.2) is 36.7 Å². The SMILES string of the molecule is CC(C)c1cc(C(F)(F)F)n2nc(C3CCCN(Cc4ccncc4)C3)cc2n1. The lowest BCUT2D eigenvalue weighted by molar-refractivity contribution is -0.142. The molecular weight excluding hydrogens is 379 g/mol. The summed E-state index contributed by atoms with van der Waals surface area (Å²) in [5, 5.41) is 4.34. The van der Waals surface area contributed by atoms with E-state index in [-0.39, 0.29) is 17.5 Å². The van der Waals surface area contributed by atoms with Gasteiger partial charge in [-0.2, -0.15) is 18.3 Å². The molecule has 0 spiro atoms. The van der Waals surface area contributed by atoms with Gasteiger partial charge in [-0.1, -0.05) is 13.8 Å². The zero-order valence-electron chi connectivity index (χ0n) is 16.5. The largest absolute Gasteiger partial charge is 0.433 e. The molecule has 8 heteroatoms. The molecule has 0 amide bonds. The van der Waals surface area contributed by atoms with Crippen molar-refractivity contribution in [2.24, 2.45) is 0 Å². The Morgan fingerprint density at radius 1 is 1.17 bits per heavy atom. The molecule has 0 bridgehead atoms. The molecule has 29 heavy (non-hydrogen) atoms. The molecule has 3 aromatic rings. The number of aromatic nitrogens is 4. The van der Waals surface area contributed by atoms with Crippen molar-refractivity contribution < 1.29 is 13.2 Å². The van der Waals surface area contributed by atoms with Crippen LogP contribution in [0.5, 0.6) is 0 Å². The molecule has 1 atom stereocenters. The first-order chi connectivity index (χ1) is 13.8. The lowest BCUT2D eigenvalue weighted by Crippen LogP contribution is -2.34. The van der Waals surface area contributed by atoms with Gasteiger partial charge in [0.25, 0.3) is 0 Å². The van der Waals surface area contributed by atoms with Gasteiger partial charge in [0.15, 0.2) is 5.65 Å². The number of alkyl halides is 3. The Balaban J connectivity index is 1.63. The minimum Gasteiger partial charge on any atom is -0.298 e. The smallest absolute Gasteiger partial charge is 0.298 e. The second-order valence-electron chi connectivity index (χ2n) is 7.99. The fourth-order valence-corrected chi connectivity index (χ4v) is 3.90. The van der Waals surface area contributed by atoms with E-state index in [4.69, 9.17) is 0 Å². The molecule has 1 unspecified atom stereocenters. The van der Waals surface area contributed by atoms with Crippen LogP contribution in [0.4, 0.5) is 13.2 Å². The minimum atomic E-state index is -4.48. The van der Waals surface area contributed by atoms with Gasteiger partial charge in [-0.25, -0.2) is 9.50 Å². The van der Waals surface area contributed by atoms with Crippen molar-refractivity contribution in [3.63, 3.8) is 0 Å². The lowest BCUT2D eigenvalue weighted by Gasteiger charge is -2.31. The van der Waals surface area contributed by atoms with Crippen LogP contribution in [0.3, 0.4) is 0 Å². The Kier molecular flexibility index (Phi) is 5.29. The number of piperidine rings is 1. The van der Waals surface area contributed by atoms with Crippen LogP contribution in [0.2, 0.25) is 0 Å². The van der Waals surface area contributed by atoms with Gasteiger partial charge >= 0.3 is 6.18 Å². The highest BCUT2D eigenvalue weighted by atomic mass is 19.4. The topological polar surface area (TPSA) is 46.3 Å². The Morgan fingerprint density at radius 2 is 1.93 bits per heavy atom. The average molecular weight is 403 g/mol. The number of rotatable bonds is 4. The van der Waals surface area contributed by atoms with E-state index in [0.29, 0.717) is 11.4 Å². The van der Waals surface area contributed by atoms with E-state index in [1.165, 1.54) is 5.56 Å². The van der Waals surface area contributed by atoms with Crippen LogP contribution in [0.25, 0.3) is 5.65 Å². The summed E-state index contributed by atoms with van der Waals surface area (Å²) in [5.41, 5.74) is 1.80. The van der Waals surface area contributed by atoms with E-state index >= 15 is 0 Å². The van der Waals surface area contributed by atoms with E-state index in [1.54, 1.807) is 18.5 Å². The second kappa shape index (κ2) is 7.74. The maximum Gasteiger partial charge on any atom is 0.433 e. The third-order valence-electron chi connectivity index (χ3n) is 5.43. The first-order valence-electron chi connectivity index (χ1n) is 9.90. The molecule has 0 N–H and O–H groups in total. The number of hydrogen-bond acceptors (Lipinski definition) is 4. The standard InChI is InChI=1S/C21H24F3N5/c1-14(2)17-10-19(21(22,23)24)29-20(26-17)11-18(27-29)16-4-3-9-28(13-16)12-15-5-7-25-8-6-15/h5-8,10-11,14,16H,3-4,9,12-13H2,1-2H3. The van der Waals surface area contributed by atoms with Crippen LogP contribution in [-0.4, -0.2) is 37.6 Å². The van der Waals surface area contributed by atoms with Crippen LogP contribution in [-0.2, 0) is 12.7 Å². The molecule has 1 aliphatic rings. The van der Waals surface area contributed by atoms with Crippen molar-refractivity contribution in [2.75, 3.05) is 13.1 Å². The quantitative estimate of drug-likeness (QED) is 0.636. The number of pyridine rings is 1. The van der Waals surface area contributed by atoms with Crippen molar-refractivity contribution in [3.8, 4) is 0 Å². The van der Waals surface area contributed by atoms with E-state index < -0.39 is 11.9 Å². The van der Waals surface area contributed by atoms with Crippen LogP contribution >= 0.6 is 0 Å². The summed E-state index contributed by atoms with van der Waals surface area (Å²) >= 11 is 0. The number of nitrogens with zero attached hydrogens (tertiary/aromatic N) is 5. The highest BCUT2D eigenvalue weighted by Crippen LogP contribution is 2.33. The summed E-state index contributed by atoms with van der Waals surface area (Å²) in [6.07, 6.45) is 0.967. The lowest BCUT2D eigenvalue weighted by atomic mass is 9.94. The Hall–Kier alpha value is -2.48. The van der Waals surface area contributed by atoms with Crippen molar-refractivity contribution in [1.29, 1.82) is 0 Å². The van der Waals surface area contributed by atoms with Crippen molar-refractivity contribution in [1.82, 2.24) is 24.5 Å². The summed E-state index contributed by atoms with van der Waals surface area (Å²) in [6, 6.07) is 6.82. The van der Waals surface area contributed by atoms with Gasteiger partial charge in [-0.05, 0) is 49.1 Å². The fourth-order valence-electron chi connectivity index (χ4n) is 3.90. The highest BCUT2D eigenvalue weighted by Gasteiger charge is 2.36. The summed E-state index contributed by atoms with van der Waals surface area (Å²) in [7, 11) is 0. The maximum absolute atomic E-state index is 13.6. The molecule has 0 aromatic carbocycles. The molecule has 1 saturated heterocycles. The minimum absolute atomic E-state index is 0.0926. The molecule has 0 radical (unpaired) electrons. The number of hydrogen-bond donors (Lipinski definition) is 0. The van der Waals surface area contributed by atoms with Crippen molar-refractivity contribution >= 4 is 5.65 Å². The number of likely N-dealkylation sites (tertiary alicyclic amines) is 1. The molecule has 0 saturated carbocycles. The van der Waals surface area contributed by atoms with E-state index in [0.717, 1.165) is 43.1 Å². The van der Waals surface area contributed by atoms with Gasteiger partial charge in [-0.3, -0.25) is 9.88 Å². The van der Waals surface area contributed by atoms with Crippen LogP contribution < -0.4 is 0 Å². The molecule has 154 valence electrons. The molecule has 1 aliphatic heterocycles. The normalized spacial score (nSPS) is 18.6. The van der Waals surface area contributed by atoms with Crippen molar-refractivity contribution in [3.05, 3.63) is 59.3 Å². The molecule has 3 aromatic heterocycles. The molecule has 0 aliphatic carbocycles. The van der Waals surface area contributed by atoms with Gasteiger partial charge < -0.3 is 0 Å². The molecule has 5 nitrogen and oxygen atoms in total. The van der Waals surface area contributed by atoms with Crippen LogP contribution in [0, 0.1) is 0 Å². The maximum atomic E-state index is 13.6. The summed E-state index contributed by atoms with van der Waals surface area (Å²) in [5.74, 6) is 0.000792. The fraction of sp³-hybridized carbons (Fsp3) is 0.476. The van der Waals surface area contributed by atoms with Gasteiger partial charge in [0.1, 0.15) is 5.69 Å². The second-order valence-corrected chi connectivity index (χ2v) is 7.99. The Bertz CT molecular complexity index is 981. The van der Waals surface area contributed by atoms with Gasteiger partial charge in [0, 0.05) is 43.2 Å². The van der Waals surface area contributed by atoms with E-state index in [9.17, 15) is 13.2 Å². The Morgan fingerprint density at radius 3 is 2.62 bits per heavy atom. The van der Waals surface area contributed by atoms with Gasteiger partial charge in [0.05, 0.1) is 5.69 Å². The Labute approximate surface area is 167 Å². The zero-order chi connectivity index (χ0) is 20.6. The third-order valence-corrected chi connectivity index (χ3v) is 5.43. The van der Waals surface area contributed by atoms with Gasteiger partial charge in [0.2, 0.25) is 0 Å². The summed E-state index contributed by atoms with van der Waals surface area (Å²) in [4.78, 5) is 10.8. The molecular formula is C21H24F3N5. The van der Waals surface area contributed by atoms with Crippen molar-refractivity contribution in [2.45, 2.75) is 51.2 Å². The average Bonchev–Trinajstić information content (AvgIpc) is 3.11. The first-order valence-corrected chi connectivity index (χ1v) is 9.90. The zero-order valence-corrected chi connectivity index (χ0v) is 16.5. The monoisotopic (exact) mass is 403 g/mol. The first kappa shape index (κ1) is 19.8. The molecule has 4 heterocycles. The number of halogens is 3. The summed E-state index contributed by atoms with van der Waals surface area (Å²) in [6.45, 7) is 6.22. The van der Waals surface area contributed by atoms with Gasteiger partial charge in [-0.15, -0.1) is 0 Å².